The van der Waals surface area contributed by atoms with Crippen LogP contribution < -0.4 is 5.32 Å². The number of carbonyl (C=O) groups excluding carboxylic acids is 1. The summed E-state index contributed by atoms with van der Waals surface area (Å²) in [5.41, 5.74) is -3.17. The summed E-state index contributed by atoms with van der Waals surface area (Å²) in [6.45, 7) is 5.08. The second kappa shape index (κ2) is 11.9. The van der Waals surface area contributed by atoms with E-state index in [0.717, 1.165) is 19.3 Å². The molecule has 0 radical (unpaired) electrons. The summed E-state index contributed by atoms with van der Waals surface area (Å²) < 4.78 is 81.2. The summed E-state index contributed by atoms with van der Waals surface area (Å²) in [6.07, 6.45) is -6.06. The van der Waals surface area contributed by atoms with Crippen LogP contribution >= 0.6 is 0 Å². The second-order valence-corrected chi connectivity index (χ2v) is 12.4. The van der Waals surface area contributed by atoms with Gasteiger partial charge < -0.3 is 15.3 Å². The predicted octanol–water partition coefficient (Wildman–Crippen LogP) is 7.46. The molecular weight excluding hydrogens is 562 g/mol. The van der Waals surface area contributed by atoms with Gasteiger partial charge in [0.05, 0.1) is 17.2 Å². The van der Waals surface area contributed by atoms with Gasteiger partial charge in [0.2, 0.25) is 5.91 Å². The standard InChI is InChI=1S/C31H36F6N2O3/c1-29(2,3)23-24(38-17-18-14-21(30(32,33)34)16-22(15-18)31(35,36)37)25(19-10-6-4-7-11-19)39(26(23)28(41)42)27(40)20-12-8-5-9-13-20/h4,6-7,10-11,14-16,20,23-26,38H,5,8-9,12-13,17H2,1-3H3,(H,41,42)/t23-,24-,25-,26-/m0/s1. The minimum atomic E-state index is -5.00. The zero-order chi connectivity index (χ0) is 31.0. The van der Waals surface area contributed by atoms with Crippen molar-refractivity contribution in [3.8, 4) is 0 Å². The van der Waals surface area contributed by atoms with Crippen molar-refractivity contribution in [1.29, 1.82) is 0 Å². The van der Waals surface area contributed by atoms with Crippen molar-refractivity contribution in [2.75, 3.05) is 0 Å². The van der Waals surface area contributed by atoms with E-state index in [1.54, 1.807) is 30.3 Å². The number of carbonyl (C=O) groups is 2. The molecule has 0 spiro atoms. The molecule has 230 valence electrons. The van der Waals surface area contributed by atoms with Crippen molar-refractivity contribution in [2.45, 2.75) is 89.9 Å². The topological polar surface area (TPSA) is 69.6 Å². The van der Waals surface area contributed by atoms with Crippen LogP contribution in [-0.4, -0.2) is 34.0 Å². The van der Waals surface area contributed by atoms with Gasteiger partial charge in [-0.1, -0.05) is 70.4 Å². The first-order valence-corrected chi connectivity index (χ1v) is 14.1. The van der Waals surface area contributed by atoms with Gasteiger partial charge >= 0.3 is 18.3 Å². The summed E-state index contributed by atoms with van der Waals surface area (Å²) in [7, 11) is 0. The molecule has 2 N–H and O–H groups in total. The minimum absolute atomic E-state index is 0.0782. The van der Waals surface area contributed by atoms with Crippen molar-refractivity contribution in [2.24, 2.45) is 17.3 Å². The molecule has 2 aliphatic rings. The molecule has 4 atom stereocenters. The molecule has 1 aliphatic carbocycles. The zero-order valence-corrected chi connectivity index (χ0v) is 23.7. The number of nitrogens with zero attached hydrogens (tertiary/aromatic N) is 1. The van der Waals surface area contributed by atoms with Gasteiger partial charge in [-0.25, -0.2) is 4.79 Å². The van der Waals surface area contributed by atoms with Gasteiger partial charge in [0, 0.05) is 24.4 Å². The maximum absolute atomic E-state index is 14.1. The lowest BCUT2D eigenvalue weighted by Crippen LogP contribution is -2.49. The lowest BCUT2D eigenvalue weighted by Gasteiger charge is -2.36. The summed E-state index contributed by atoms with van der Waals surface area (Å²) in [6, 6.07) is 7.35. The Hall–Kier alpha value is -3.08. The Morgan fingerprint density at radius 2 is 1.43 bits per heavy atom. The zero-order valence-electron chi connectivity index (χ0n) is 23.7. The maximum atomic E-state index is 14.1. The molecule has 2 aromatic rings. The molecule has 2 aromatic carbocycles. The Labute approximate surface area is 241 Å². The van der Waals surface area contributed by atoms with Crippen LogP contribution in [-0.2, 0) is 28.5 Å². The summed E-state index contributed by atoms with van der Waals surface area (Å²) >= 11 is 0. The van der Waals surface area contributed by atoms with Crippen LogP contribution in [0.5, 0.6) is 0 Å². The van der Waals surface area contributed by atoms with Crippen LogP contribution in [0.15, 0.2) is 48.5 Å². The number of rotatable bonds is 6. The SMILES string of the molecule is CC(C)(C)[C@H]1[C@H](NCc2cc(C(F)(F)F)cc(C(F)(F)F)c2)[C@H](c2ccccc2)N(C(=O)C2CCCCC2)[C@@H]1C(=O)O. The second-order valence-electron chi connectivity index (χ2n) is 12.4. The third-order valence-corrected chi connectivity index (χ3v) is 8.46. The fourth-order valence-corrected chi connectivity index (χ4v) is 6.65. The van der Waals surface area contributed by atoms with Crippen LogP contribution in [0.4, 0.5) is 26.3 Å². The van der Waals surface area contributed by atoms with Crippen molar-refractivity contribution in [3.05, 3.63) is 70.8 Å². The molecule has 42 heavy (non-hydrogen) atoms. The van der Waals surface area contributed by atoms with Gasteiger partial charge in [-0.15, -0.1) is 0 Å². The van der Waals surface area contributed by atoms with Gasteiger partial charge in [-0.05, 0) is 47.6 Å². The molecular formula is C31H36F6N2O3. The monoisotopic (exact) mass is 598 g/mol. The predicted molar refractivity (Wildman–Crippen MR) is 144 cm³/mol. The van der Waals surface area contributed by atoms with Crippen LogP contribution in [0.1, 0.15) is 81.2 Å². The fraction of sp³-hybridized carbons (Fsp3) is 0.548. The fourth-order valence-electron chi connectivity index (χ4n) is 6.65. The molecule has 0 unspecified atom stereocenters. The smallest absolute Gasteiger partial charge is 0.416 e. The number of alkyl halides is 6. The number of carboxylic acids is 1. The molecule has 2 fully saturated rings. The Bertz CT molecular complexity index is 1230. The van der Waals surface area contributed by atoms with E-state index >= 15 is 0 Å². The first-order valence-electron chi connectivity index (χ1n) is 14.1. The van der Waals surface area contributed by atoms with E-state index in [1.807, 2.05) is 20.8 Å². The molecule has 11 heteroatoms. The number of halogens is 6. The Kier molecular flexibility index (Phi) is 9.02. The van der Waals surface area contributed by atoms with Crippen molar-refractivity contribution >= 4 is 11.9 Å². The third-order valence-electron chi connectivity index (χ3n) is 8.46. The highest BCUT2D eigenvalue weighted by Gasteiger charge is 2.58. The highest BCUT2D eigenvalue weighted by atomic mass is 19.4. The van der Waals surface area contributed by atoms with Crippen LogP contribution in [0.2, 0.25) is 0 Å². The number of aliphatic carboxylic acids is 1. The minimum Gasteiger partial charge on any atom is -0.480 e. The molecule has 1 saturated heterocycles. The van der Waals surface area contributed by atoms with E-state index in [-0.39, 0.29) is 23.5 Å². The molecule has 0 aromatic heterocycles. The van der Waals surface area contributed by atoms with Crippen LogP contribution in [0.3, 0.4) is 0 Å². The number of nitrogens with one attached hydrogen (secondary N) is 1. The van der Waals surface area contributed by atoms with Crippen molar-refractivity contribution in [3.63, 3.8) is 0 Å². The van der Waals surface area contributed by atoms with Crippen molar-refractivity contribution in [1.82, 2.24) is 10.2 Å². The number of carboxylic acid groups (broad SMARTS) is 1. The van der Waals surface area contributed by atoms with E-state index in [1.165, 1.54) is 4.90 Å². The van der Waals surface area contributed by atoms with Gasteiger partial charge in [-0.2, -0.15) is 26.3 Å². The van der Waals surface area contributed by atoms with Gasteiger partial charge in [0.1, 0.15) is 6.04 Å². The molecule has 1 heterocycles. The lowest BCUT2D eigenvalue weighted by molar-refractivity contribution is -0.154. The van der Waals surface area contributed by atoms with E-state index in [4.69, 9.17) is 0 Å². The number of hydrogen-bond donors (Lipinski definition) is 2. The first-order chi connectivity index (χ1) is 19.5. The highest BCUT2D eigenvalue weighted by Crippen LogP contribution is 2.49. The first kappa shape index (κ1) is 31.8. The largest absolute Gasteiger partial charge is 0.480 e. The highest BCUT2D eigenvalue weighted by molar-refractivity contribution is 5.87. The normalized spacial score (nSPS) is 24.2. The maximum Gasteiger partial charge on any atom is 0.416 e. The third kappa shape index (κ3) is 6.76. The van der Waals surface area contributed by atoms with E-state index in [0.29, 0.717) is 30.5 Å². The van der Waals surface area contributed by atoms with Crippen LogP contribution in [0.25, 0.3) is 0 Å². The van der Waals surface area contributed by atoms with Crippen LogP contribution in [0, 0.1) is 17.3 Å². The number of hydrogen-bond acceptors (Lipinski definition) is 3. The molecule has 4 rings (SSSR count). The van der Waals surface area contributed by atoms with Gasteiger partial charge in [-0.3, -0.25) is 4.79 Å². The van der Waals surface area contributed by atoms with Crippen molar-refractivity contribution < 1.29 is 41.0 Å². The Morgan fingerprint density at radius 3 is 1.90 bits per heavy atom. The molecule has 5 nitrogen and oxygen atoms in total. The molecule has 1 amide bonds. The molecule has 1 saturated carbocycles. The number of likely N-dealkylation sites (tertiary alicyclic amines) is 1. The Morgan fingerprint density at radius 1 is 0.881 bits per heavy atom. The summed E-state index contributed by atoms with van der Waals surface area (Å²) in [5.74, 6) is -2.57. The summed E-state index contributed by atoms with van der Waals surface area (Å²) in [5, 5.41) is 13.7. The average Bonchev–Trinajstić information content (AvgIpc) is 3.27. The summed E-state index contributed by atoms with van der Waals surface area (Å²) in [4.78, 5) is 28.4. The quantitative estimate of drug-likeness (QED) is 0.339. The van der Waals surface area contributed by atoms with E-state index in [9.17, 15) is 41.0 Å². The van der Waals surface area contributed by atoms with E-state index < -0.39 is 65.5 Å². The van der Waals surface area contributed by atoms with Gasteiger partial charge in [0.25, 0.3) is 0 Å². The molecule has 0 bridgehead atoms. The number of benzene rings is 2. The number of amides is 1. The average molecular weight is 599 g/mol. The Balaban J connectivity index is 1.81. The van der Waals surface area contributed by atoms with E-state index in [2.05, 4.69) is 5.32 Å². The van der Waals surface area contributed by atoms with Gasteiger partial charge in [0.15, 0.2) is 0 Å². The lowest BCUT2D eigenvalue weighted by atomic mass is 9.72. The molecule has 1 aliphatic heterocycles.